The van der Waals surface area contributed by atoms with Crippen LogP contribution >= 0.6 is 11.8 Å². The summed E-state index contributed by atoms with van der Waals surface area (Å²) in [5.41, 5.74) is 7.06. The fourth-order valence-corrected chi connectivity index (χ4v) is 2.52. The lowest BCUT2D eigenvalue weighted by Crippen LogP contribution is -2.05. The molecule has 0 aliphatic heterocycles. The van der Waals surface area contributed by atoms with Crippen molar-refractivity contribution in [2.75, 3.05) is 12.3 Å². The number of nitrogens with two attached hydrogens (primary N) is 1. The number of hydrogen-bond acceptors (Lipinski definition) is 5. The van der Waals surface area contributed by atoms with Crippen molar-refractivity contribution in [2.45, 2.75) is 17.6 Å². The summed E-state index contributed by atoms with van der Waals surface area (Å²) in [5.74, 6) is 0.787. The first kappa shape index (κ1) is 13.5. The number of anilines is 1. The lowest BCUT2D eigenvalue weighted by Gasteiger charge is -2.05. The lowest BCUT2D eigenvalue weighted by molar-refractivity contribution is 0.0524. The number of para-hydroxylation sites is 1. The van der Waals surface area contributed by atoms with Crippen molar-refractivity contribution < 1.29 is 13.9 Å². The lowest BCUT2D eigenvalue weighted by atomic mass is 10.3. The average molecular weight is 277 g/mol. The summed E-state index contributed by atoms with van der Waals surface area (Å²) in [6.45, 7) is 2.12. The molecule has 0 radical (unpaired) electrons. The van der Waals surface area contributed by atoms with E-state index in [1.165, 1.54) is 18.0 Å². The Balaban J connectivity index is 2.06. The molecule has 0 amide bonds. The second kappa shape index (κ2) is 6.33. The van der Waals surface area contributed by atoms with Gasteiger partial charge in [0.25, 0.3) is 0 Å². The Morgan fingerprint density at radius 3 is 2.89 bits per heavy atom. The monoisotopic (exact) mass is 277 g/mol. The van der Waals surface area contributed by atoms with E-state index in [0.717, 1.165) is 10.6 Å². The molecule has 2 rings (SSSR count). The molecule has 0 bridgehead atoms. The molecule has 2 N–H and O–H groups in total. The van der Waals surface area contributed by atoms with Gasteiger partial charge < -0.3 is 14.9 Å². The number of furan rings is 1. The fraction of sp³-hybridized carbons (Fsp3) is 0.214. The Kier molecular flexibility index (Phi) is 4.52. The zero-order chi connectivity index (χ0) is 13.7. The molecule has 0 atom stereocenters. The molecule has 0 spiro atoms. The number of rotatable bonds is 5. The highest BCUT2D eigenvalue weighted by Crippen LogP contribution is 2.29. The maximum Gasteiger partial charge on any atom is 0.341 e. The van der Waals surface area contributed by atoms with Crippen LogP contribution in [0.15, 0.2) is 45.9 Å². The molecule has 0 aliphatic rings. The Labute approximate surface area is 115 Å². The van der Waals surface area contributed by atoms with Gasteiger partial charge in [-0.25, -0.2) is 4.79 Å². The molecule has 1 heterocycles. The SMILES string of the molecule is CCOC(=O)c1ccoc1CSc1ccccc1N. The molecule has 1 aromatic heterocycles. The highest BCUT2D eigenvalue weighted by Gasteiger charge is 2.16. The van der Waals surface area contributed by atoms with Crippen molar-refractivity contribution in [2.24, 2.45) is 0 Å². The van der Waals surface area contributed by atoms with Gasteiger partial charge in [-0.1, -0.05) is 12.1 Å². The van der Waals surface area contributed by atoms with Gasteiger partial charge in [0.05, 0.1) is 18.6 Å². The van der Waals surface area contributed by atoms with Gasteiger partial charge in [-0.3, -0.25) is 0 Å². The molecule has 5 heteroatoms. The van der Waals surface area contributed by atoms with Crippen molar-refractivity contribution in [3.05, 3.63) is 47.9 Å². The van der Waals surface area contributed by atoms with E-state index in [1.807, 2.05) is 24.3 Å². The predicted octanol–water partition coefficient (Wildman–Crippen LogP) is 3.33. The van der Waals surface area contributed by atoms with Crippen LogP contribution < -0.4 is 5.73 Å². The number of carbonyl (C=O) groups is 1. The minimum atomic E-state index is -0.354. The normalized spacial score (nSPS) is 10.4. The van der Waals surface area contributed by atoms with Crippen molar-refractivity contribution in [1.82, 2.24) is 0 Å². The minimum Gasteiger partial charge on any atom is -0.468 e. The second-order valence-corrected chi connectivity index (χ2v) is 4.82. The van der Waals surface area contributed by atoms with Gasteiger partial charge >= 0.3 is 5.97 Å². The summed E-state index contributed by atoms with van der Waals surface area (Å²) in [6, 6.07) is 9.22. The largest absolute Gasteiger partial charge is 0.468 e. The third kappa shape index (κ3) is 3.32. The first-order valence-corrected chi connectivity index (χ1v) is 6.91. The maximum absolute atomic E-state index is 11.7. The molecule has 19 heavy (non-hydrogen) atoms. The zero-order valence-electron chi connectivity index (χ0n) is 10.6. The molecular formula is C14H15NO3S. The molecule has 100 valence electrons. The van der Waals surface area contributed by atoms with E-state index in [2.05, 4.69) is 0 Å². The summed E-state index contributed by atoms with van der Waals surface area (Å²) in [5, 5.41) is 0. The van der Waals surface area contributed by atoms with Crippen LogP contribution in [-0.2, 0) is 10.5 Å². The summed E-state index contributed by atoms with van der Waals surface area (Å²) in [6.07, 6.45) is 1.50. The van der Waals surface area contributed by atoms with Gasteiger partial charge in [0.1, 0.15) is 11.3 Å². The number of carbonyl (C=O) groups excluding carboxylic acids is 1. The third-order valence-corrected chi connectivity index (χ3v) is 3.61. The Bertz CT molecular complexity index is 565. The Morgan fingerprint density at radius 2 is 2.16 bits per heavy atom. The van der Waals surface area contributed by atoms with Crippen LogP contribution in [0.2, 0.25) is 0 Å². The molecule has 0 saturated heterocycles. The van der Waals surface area contributed by atoms with E-state index in [4.69, 9.17) is 14.9 Å². The molecule has 0 unspecified atom stereocenters. The highest BCUT2D eigenvalue weighted by molar-refractivity contribution is 7.98. The second-order valence-electron chi connectivity index (χ2n) is 3.80. The van der Waals surface area contributed by atoms with Crippen molar-refractivity contribution in [3.63, 3.8) is 0 Å². The fourth-order valence-electron chi connectivity index (χ4n) is 1.60. The first-order valence-electron chi connectivity index (χ1n) is 5.93. The number of esters is 1. The molecule has 2 aromatic rings. The van der Waals surface area contributed by atoms with Crippen molar-refractivity contribution in [3.8, 4) is 0 Å². The zero-order valence-corrected chi connectivity index (χ0v) is 11.4. The smallest absolute Gasteiger partial charge is 0.341 e. The number of nitrogen functional groups attached to an aromatic ring is 1. The summed E-state index contributed by atoms with van der Waals surface area (Å²) >= 11 is 1.53. The van der Waals surface area contributed by atoms with Gasteiger partial charge in [0.2, 0.25) is 0 Å². The Morgan fingerprint density at radius 1 is 1.37 bits per heavy atom. The van der Waals surface area contributed by atoms with Crippen molar-refractivity contribution in [1.29, 1.82) is 0 Å². The summed E-state index contributed by atoms with van der Waals surface area (Å²) < 4.78 is 10.3. The van der Waals surface area contributed by atoms with E-state index >= 15 is 0 Å². The van der Waals surface area contributed by atoms with Gasteiger partial charge in [0, 0.05) is 10.6 Å². The summed E-state index contributed by atoms with van der Waals surface area (Å²) in [4.78, 5) is 12.7. The van der Waals surface area contributed by atoms with Crippen LogP contribution in [0, 0.1) is 0 Å². The van der Waals surface area contributed by atoms with Crippen molar-refractivity contribution >= 4 is 23.4 Å². The first-order chi connectivity index (χ1) is 9.22. The van der Waals surface area contributed by atoms with E-state index in [0.29, 0.717) is 23.7 Å². The molecular weight excluding hydrogens is 262 g/mol. The van der Waals surface area contributed by atoms with E-state index in [9.17, 15) is 4.79 Å². The van der Waals surface area contributed by atoms with Gasteiger partial charge in [-0.2, -0.15) is 0 Å². The topological polar surface area (TPSA) is 65.5 Å². The molecule has 4 nitrogen and oxygen atoms in total. The summed E-state index contributed by atoms with van der Waals surface area (Å²) in [7, 11) is 0. The maximum atomic E-state index is 11.7. The van der Waals surface area contributed by atoms with Gasteiger partial charge in [-0.15, -0.1) is 11.8 Å². The predicted molar refractivity (Wildman–Crippen MR) is 75.1 cm³/mol. The van der Waals surface area contributed by atoms with Crippen LogP contribution in [0.25, 0.3) is 0 Å². The van der Waals surface area contributed by atoms with E-state index < -0.39 is 0 Å². The van der Waals surface area contributed by atoms with E-state index in [1.54, 1.807) is 13.0 Å². The number of hydrogen-bond donors (Lipinski definition) is 1. The molecule has 0 aliphatic carbocycles. The van der Waals surface area contributed by atoms with Crippen LogP contribution in [0.4, 0.5) is 5.69 Å². The van der Waals surface area contributed by atoms with Crippen LogP contribution in [0.3, 0.4) is 0 Å². The van der Waals surface area contributed by atoms with Gasteiger partial charge in [-0.05, 0) is 25.1 Å². The third-order valence-electron chi connectivity index (χ3n) is 2.52. The quantitative estimate of drug-likeness (QED) is 0.516. The molecule has 1 aromatic carbocycles. The Hall–Kier alpha value is -1.88. The van der Waals surface area contributed by atoms with Crippen LogP contribution in [-0.4, -0.2) is 12.6 Å². The minimum absolute atomic E-state index is 0.349. The number of benzene rings is 1. The van der Waals surface area contributed by atoms with Crippen LogP contribution in [0.1, 0.15) is 23.0 Å². The molecule has 0 fully saturated rings. The van der Waals surface area contributed by atoms with E-state index in [-0.39, 0.29) is 5.97 Å². The van der Waals surface area contributed by atoms with Crippen LogP contribution in [0.5, 0.6) is 0 Å². The highest BCUT2D eigenvalue weighted by atomic mass is 32.2. The average Bonchev–Trinajstić information content (AvgIpc) is 2.86. The standard InChI is InChI=1S/C14H15NO3S/c1-2-17-14(16)10-7-8-18-12(10)9-19-13-6-4-3-5-11(13)15/h3-8H,2,9,15H2,1H3. The molecule has 0 saturated carbocycles. The van der Waals surface area contributed by atoms with Gasteiger partial charge in [0.15, 0.2) is 0 Å². The number of thioether (sulfide) groups is 1. The number of ether oxygens (including phenoxy) is 1.